The van der Waals surface area contributed by atoms with E-state index in [1.54, 1.807) is 0 Å². The Morgan fingerprint density at radius 1 is 1.17 bits per heavy atom. The summed E-state index contributed by atoms with van der Waals surface area (Å²) in [5.41, 5.74) is 3.87. The van der Waals surface area contributed by atoms with Crippen LogP contribution in [0.25, 0.3) is 0 Å². The summed E-state index contributed by atoms with van der Waals surface area (Å²) in [6.45, 7) is 2.80. The van der Waals surface area contributed by atoms with Crippen molar-refractivity contribution in [3.8, 4) is 0 Å². The fourth-order valence-corrected chi connectivity index (χ4v) is 2.56. The van der Waals surface area contributed by atoms with Gasteiger partial charge in [-0.3, -0.25) is 0 Å². The summed E-state index contributed by atoms with van der Waals surface area (Å²) in [5.74, 6) is 0.423. The van der Waals surface area contributed by atoms with Crippen molar-refractivity contribution in [3.63, 3.8) is 0 Å². The maximum Gasteiger partial charge on any atom is 0.390 e. The van der Waals surface area contributed by atoms with Gasteiger partial charge >= 0.3 is 6.18 Å². The highest BCUT2D eigenvalue weighted by molar-refractivity contribution is 14.0. The smallest absolute Gasteiger partial charge is 0.357 e. The molecule has 1 aliphatic rings. The minimum atomic E-state index is -4.15. The van der Waals surface area contributed by atoms with Gasteiger partial charge in [-0.25, -0.2) is 4.99 Å². The van der Waals surface area contributed by atoms with Crippen molar-refractivity contribution in [2.45, 2.75) is 45.3 Å². The van der Waals surface area contributed by atoms with E-state index in [9.17, 15) is 13.2 Å². The molecule has 0 spiro atoms. The first-order valence-electron chi connectivity index (χ1n) is 7.67. The van der Waals surface area contributed by atoms with Crippen LogP contribution in [0.4, 0.5) is 13.2 Å². The van der Waals surface area contributed by atoms with Crippen molar-refractivity contribution in [1.82, 2.24) is 10.6 Å². The maximum atomic E-state index is 12.2. The Kier molecular flexibility index (Phi) is 8.15. The Morgan fingerprint density at radius 3 is 2.61 bits per heavy atom. The third-order valence-electron chi connectivity index (χ3n) is 3.63. The largest absolute Gasteiger partial charge is 0.390 e. The number of nitrogens with zero attached hydrogens (tertiary/aromatic N) is 1. The second kappa shape index (κ2) is 9.34. The Morgan fingerprint density at radius 2 is 1.91 bits per heavy atom. The number of nitrogens with one attached hydrogen (secondary N) is 2. The van der Waals surface area contributed by atoms with Gasteiger partial charge in [0.2, 0.25) is 0 Å². The Bertz CT molecular complexity index is 530. The highest BCUT2D eigenvalue weighted by Crippen LogP contribution is 2.23. The molecule has 1 aromatic rings. The number of fused-ring (bicyclic) bond motifs is 1. The van der Waals surface area contributed by atoms with E-state index in [1.807, 2.05) is 13.0 Å². The van der Waals surface area contributed by atoms with Gasteiger partial charge in [0.05, 0.1) is 13.0 Å². The van der Waals surface area contributed by atoms with E-state index < -0.39 is 12.6 Å². The van der Waals surface area contributed by atoms with Crippen molar-refractivity contribution < 1.29 is 13.2 Å². The lowest BCUT2D eigenvalue weighted by Gasteiger charge is -2.12. The number of benzene rings is 1. The minimum absolute atomic E-state index is 0. The number of hydrogen-bond acceptors (Lipinski definition) is 1. The third kappa shape index (κ3) is 6.97. The number of alkyl halides is 3. The quantitative estimate of drug-likeness (QED) is 0.415. The number of aliphatic imine (C=N–C) groups is 1. The van der Waals surface area contributed by atoms with Gasteiger partial charge in [0, 0.05) is 13.1 Å². The molecular formula is C16H23F3IN3. The number of hydrogen-bond donors (Lipinski definition) is 2. The van der Waals surface area contributed by atoms with Gasteiger partial charge in [-0.2, -0.15) is 13.2 Å². The molecule has 0 bridgehead atoms. The standard InChI is InChI=1S/C16H22F3N3.HI/c1-2-20-15(21-9-8-16(17,18)19)22-11-12-6-7-13-4-3-5-14(13)10-12;/h6-7,10H,2-5,8-9,11H2,1H3,(H2,20,21,22);1H. The summed E-state index contributed by atoms with van der Waals surface area (Å²) in [6.07, 6.45) is -1.57. The molecule has 0 saturated carbocycles. The molecule has 0 unspecified atom stereocenters. The van der Waals surface area contributed by atoms with Gasteiger partial charge < -0.3 is 10.6 Å². The van der Waals surface area contributed by atoms with Gasteiger partial charge in [0.25, 0.3) is 0 Å². The van der Waals surface area contributed by atoms with Crippen molar-refractivity contribution in [2.75, 3.05) is 13.1 Å². The van der Waals surface area contributed by atoms with Crippen LogP contribution in [0, 0.1) is 0 Å². The molecule has 2 N–H and O–H groups in total. The zero-order valence-corrected chi connectivity index (χ0v) is 15.5. The first-order valence-corrected chi connectivity index (χ1v) is 7.67. The van der Waals surface area contributed by atoms with Crippen molar-refractivity contribution in [1.29, 1.82) is 0 Å². The average molecular weight is 441 g/mol. The van der Waals surface area contributed by atoms with Crippen LogP contribution in [-0.4, -0.2) is 25.2 Å². The molecule has 0 atom stereocenters. The number of aryl methyl sites for hydroxylation is 2. The Hall–Kier alpha value is -0.990. The Labute approximate surface area is 152 Å². The molecular weight excluding hydrogens is 418 g/mol. The van der Waals surface area contributed by atoms with Gasteiger partial charge in [-0.1, -0.05) is 18.2 Å². The van der Waals surface area contributed by atoms with Crippen LogP contribution in [0.3, 0.4) is 0 Å². The first-order chi connectivity index (χ1) is 10.5. The second-order valence-corrected chi connectivity index (χ2v) is 5.44. The van der Waals surface area contributed by atoms with Gasteiger partial charge in [-0.15, -0.1) is 24.0 Å². The van der Waals surface area contributed by atoms with E-state index in [0.717, 1.165) is 18.4 Å². The van der Waals surface area contributed by atoms with Gasteiger partial charge in [0.15, 0.2) is 5.96 Å². The summed E-state index contributed by atoms with van der Waals surface area (Å²) in [4.78, 5) is 4.36. The molecule has 130 valence electrons. The molecule has 0 aliphatic heterocycles. The first kappa shape index (κ1) is 20.1. The summed E-state index contributed by atoms with van der Waals surface area (Å²) >= 11 is 0. The lowest BCUT2D eigenvalue weighted by Crippen LogP contribution is -2.38. The van der Waals surface area contributed by atoms with E-state index >= 15 is 0 Å². The monoisotopic (exact) mass is 441 g/mol. The van der Waals surface area contributed by atoms with Crippen molar-refractivity contribution >= 4 is 29.9 Å². The van der Waals surface area contributed by atoms with E-state index in [-0.39, 0.29) is 30.5 Å². The predicted octanol–water partition coefficient (Wildman–Crippen LogP) is 3.80. The molecule has 7 heteroatoms. The van der Waals surface area contributed by atoms with Crippen molar-refractivity contribution in [2.24, 2.45) is 4.99 Å². The fourth-order valence-electron chi connectivity index (χ4n) is 2.56. The van der Waals surface area contributed by atoms with E-state index in [0.29, 0.717) is 19.0 Å². The summed E-state index contributed by atoms with van der Waals surface area (Å²) < 4.78 is 36.5. The fraction of sp³-hybridized carbons (Fsp3) is 0.562. The molecule has 2 rings (SSSR count). The molecule has 1 aromatic carbocycles. The SMILES string of the molecule is CCNC(=NCc1ccc2c(c1)CCC2)NCCC(F)(F)F.I. The average Bonchev–Trinajstić information content (AvgIpc) is 2.91. The molecule has 0 heterocycles. The summed E-state index contributed by atoms with van der Waals surface area (Å²) in [6, 6.07) is 6.34. The van der Waals surface area contributed by atoms with Crippen LogP contribution in [0.1, 0.15) is 36.5 Å². The van der Waals surface area contributed by atoms with Crippen LogP contribution >= 0.6 is 24.0 Å². The van der Waals surface area contributed by atoms with Gasteiger partial charge in [0.1, 0.15) is 0 Å². The lowest BCUT2D eigenvalue weighted by atomic mass is 10.1. The lowest BCUT2D eigenvalue weighted by molar-refractivity contribution is -0.132. The molecule has 0 fully saturated rings. The number of halogens is 4. The van der Waals surface area contributed by atoms with E-state index in [1.165, 1.54) is 17.5 Å². The van der Waals surface area contributed by atoms with Crippen LogP contribution in [-0.2, 0) is 19.4 Å². The molecule has 0 saturated heterocycles. The van der Waals surface area contributed by atoms with Crippen LogP contribution in [0.15, 0.2) is 23.2 Å². The highest BCUT2D eigenvalue weighted by Gasteiger charge is 2.26. The number of rotatable bonds is 5. The third-order valence-corrected chi connectivity index (χ3v) is 3.63. The minimum Gasteiger partial charge on any atom is -0.357 e. The maximum absolute atomic E-state index is 12.2. The zero-order chi connectivity index (χ0) is 16.0. The molecule has 1 aliphatic carbocycles. The summed E-state index contributed by atoms with van der Waals surface area (Å²) in [7, 11) is 0. The topological polar surface area (TPSA) is 36.4 Å². The highest BCUT2D eigenvalue weighted by atomic mass is 127. The van der Waals surface area contributed by atoms with E-state index in [4.69, 9.17) is 0 Å². The molecule has 0 aromatic heterocycles. The molecule has 0 radical (unpaired) electrons. The molecule has 0 amide bonds. The van der Waals surface area contributed by atoms with Crippen LogP contribution in [0.5, 0.6) is 0 Å². The normalized spacial score (nSPS) is 14.2. The van der Waals surface area contributed by atoms with Crippen LogP contribution in [0.2, 0.25) is 0 Å². The number of guanidine groups is 1. The Balaban J connectivity index is 0.00000264. The molecule has 3 nitrogen and oxygen atoms in total. The second-order valence-electron chi connectivity index (χ2n) is 5.44. The van der Waals surface area contributed by atoms with Crippen LogP contribution < -0.4 is 10.6 Å². The van der Waals surface area contributed by atoms with E-state index in [2.05, 4.69) is 27.8 Å². The van der Waals surface area contributed by atoms with Crippen molar-refractivity contribution in [3.05, 3.63) is 34.9 Å². The zero-order valence-electron chi connectivity index (χ0n) is 13.2. The molecule has 23 heavy (non-hydrogen) atoms. The van der Waals surface area contributed by atoms with Gasteiger partial charge in [-0.05, 0) is 42.9 Å². The predicted molar refractivity (Wildman–Crippen MR) is 97.4 cm³/mol. The summed E-state index contributed by atoms with van der Waals surface area (Å²) in [5, 5.41) is 5.68.